The third-order valence-electron chi connectivity index (χ3n) is 2.94. The third kappa shape index (κ3) is 2.69. The number of rotatable bonds is 4. The Kier molecular flexibility index (Phi) is 3.04. The molecule has 1 aliphatic rings. The van der Waals surface area contributed by atoms with Crippen LogP contribution in [0.4, 0.5) is 0 Å². The highest BCUT2D eigenvalue weighted by Gasteiger charge is 2.31. The molecule has 0 N–H and O–H groups in total. The number of aryl methyl sites for hydroxylation is 1. The third-order valence-corrected chi connectivity index (χ3v) is 2.94. The molecule has 0 spiro atoms. The summed E-state index contributed by atoms with van der Waals surface area (Å²) in [6, 6.07) is 3.58. The quantitative estimate of drug-likeness (QED) is 0.774. The van der Waals surface area contributed by atoms with E-state index in [1.54, 1.807) is 13.0 Å². The predicted octanol–water partition coefficient (Wildman–Crippen LogP) is 2.08. The normalized spacial score (nSPS) is 22.6. The van der Waals surface area contributed by atoms with Crippen LogP contribution < -0.4 is 4.74 Å². The number of nitriles is 1. The van der Waals surface area contributed by atoms with Gasteiger partial charge in [0.15, 0.2) is 0 Å². The molecule has 2 unspecified atom stereocenters. The molecule has 4 nitrogen and oxygen atoms in total. The summed E-state index contributed by atoms with van der Waals surface area (Å²) in [7, 11) is 0. The topological polar surface area (TPSA) is 58.8 Å². The first kappa shape index (κ1) is 10.9. The molecule has 1 aromatic heterocycles. The van der Waals surface area contributed by atoms with Crippen LogP contribution in [0.25, 0.3) is 0 Å². The highest BCUT2D eigenvalue weighted by Crippen LogP contribution is 2.40. The fourth-order valence-corrected chi connectivity index (χ4v) is 1.79. The minimum Gasteiger partial charge on any atom is -0.478 e. The largest absolute Gasteiger partial charge is 0.478 e. The number of hydrogen-bond donors (Lipinski definition) is 0. The summed E-state index contributed by atoms with van der Waals surface area (Å²) in [4.78, 5) is 8.10. The maximum atomic E-state index is 8.75. The second kappa shape index (κ2) is 4.48. The van der Waals surface area contributed by atoms with Crippen LogP contribution in [0.3, 0.4) is 0 Å². The van der Waals surface area contributed by atoms with Crippen LogP contribution in [-0.4, -0.2) is 16.6 Å². The molecule has 84 valence electrons. The number of nitrogens with zero attached hydrogens (tertiary/aromatic N) is 3. The van der Waals surface area contributed by atoms with Crippen LogP contribution in [-0.2, 0) is 0 Å². The zero-order chi connectivity index (χ0) is 11.5. The molecule has 1 heterocycles. The lowest BCUT2D eigenvalue weighted by molar-refractivity contribution is 0.287. The van der Waals surface area contributed by atoms with Crippen molar-refractivity contribution in [3.8, 4) is 11.9 Å². The highest BCUT2D eigenvalue weighted by molar-refractivity contribution is 5.25. The van der Waals surface area contributed by atoms with E-state index >= 15 is 0 Å². The molecule has 1 aliphatic carbocycles. The molecule has 0 aromatic carbocycles. The van der Waals surface area contributed by atoms with E-state index in [9.17, 15) is 0 Å². The molecule has 1 aromatic rings. The van der Waals surface area contributed by atoms with E-state index in [0.29, 0.717) is 24.0 Å². The molecule has 0 radical (unpaired) electrons. The molecule has 0 bridgehead atoms. The Balaban J connectivity index is 1.88. The fourth-order valence-electron chi connectivity index (χ4n) is 1.79. The van der Waals surface area contributed by atoms with Crippen molar-refractivity contribution in [1.82, 2.24) is 9.97 Å². The Hall–Kier alpha value is -1.63. The Bertz CT molecular complexity index is 425. The van der Waals surface area contributed by atoms with Crippen LogP contribution in [0.2, 0.25) is 0 Å². The summed E-state index contributed by atoms with van der Waals surface area (Å²) < 4.78 is 5.53. The van der Waals surface area contributed by atoms with Gasteiger partial charge in [0.1, 0.15) is 17.6 Å². The lowest BCUT2D eigenvalue weighted by Gasteiger charge is -2.05. The molecule has 2 rings (SSSR count). The SMILES string of the molecule is Cc1nc(C#N)cc(OCCC2CC2C)n1. The minimum absolute atomic E-state index is 0.363. The Morgan fingerprint density at radius 3 is 2.94 bits per heavy atom. The monoisotopic (exact) mass is 217 g/mol. The van der Waals surface area contributed by atoms with Crippen LogP contribution in [0.15, 0.2) is 6.07 Å². The molecular weight excluding hydrogens is 202 g/mol. The van der Waals surface area contributed by atoms with Gasteiger partial charge in [-0.25, -0.2) is 4.98 Å². The Morgan fingerprint density at radius 2 is 2.31 bits per heavy atom. The molecule has 2 atom stereocenters. The van der Waals surface area contributed by atoms with E-state index in [0.717, 1.165) is 18.3 Å². The standard InChI is InChI=1S/C12H15N3O/c1-8-5-10(8)3-4-16-12-6-11(7-13)14-9(2)15-12/h6,8,10H,3-5H2,1-2H3. The Labute approximate surface area is 95.3 Å². The van der Waals surface area contributed by atoms with Gasteiger partial charge in [-0.2, -0.15) is 10.2 Å². The molecule has 1 saturated carbocycles. The summed E-state index contributed by atoms with van der Waals surface area (Å²) in [5.74, 6) is 2.76. The average Bonchev–Trinajstić information content (AvgIpc) is 2.94. The number of aromatic nitrogens is 2. The summed E-state index contributed by atoms with van der Waals surface area (Å²) in [5, 5.41) is 8.75. The number of hydrogen-bond acceptors (Lipinski definition) is 4. The van der Waals surface area contributed by atoms with Crippen LogP contribution in [0, 0.1) is 30.1 Å². The molecule has 0 amide bonds. The van der Waals surface area contributed by atoms with Crippen molar-refractivity contribution in [3.63, 3.8) is 0 Å². The first-order valence-corrected chi connectivity index (χ1v) is 5.57. The van der Waals surface area contributed by atoms with Crippen molar-refractivity contribution in [2.45, 2.75) is 26.7 Å². The van der Waals surface area contributed by atoms with Crippen LogP contribution >= 0.6 is 0 Å². The molecule has 0 saturated heterocycles. The van der Waals surface area contributed by atoms with Crippen molar-refractivity contribution in [1.29, 1.82) is 5.26 Å². The molecule has 1 fully saturated rings. The van der Waals surface area contributed by atoms with E-state index < -0.39 is 0 Å². The van der Waals surface area contributed by atoms with E-state index in [1.165, 1.54) is 6.42 Å². The first-order valence-electron chi connectivity index (χ1n) is 5.57. The van der Waals surface area contributed by atoms with Gasteiger partial charge in [0.2, 0.25) is 5.88 Å². The first-order chi connectivity index (χ1) is 7.69. The van der Waals surface area contributed by atoms with E-state index in [2.05, 4.69) is 16.9 Å². The van der Waals surface area contributed by atoms with Crippen molar-refractivity contribution < 1.29 is 4.74 Å². The van der Waals surface area contributed by atoms with Crippen molar-refractivity contribution in [2.24, 2.45) is 11.8 Å². The molecular formula is C12H15N3O. The minimum atomic E-state index is 0.363. The summed E-state index contributed by atoms with van der Waals surface area (Å²) >= 11 is 0. The molecule has 0 aliphatic heterocycles. The lowest BCUT2D eigenvalue weighted by Crippen LogP contribution is -2.03. The zero-order valence-electron chi connectivity index (χ0n) is 9.60. The van der Waals surface area contributed by atoms with Gasteiger partial charge in [0.25, 0.3) is 0 Å². The second-order valence-corrected chi connectivity index (χ2v) is 4.36. The van der Waals surface area contributed by atoms with Gasteiger partial charge >= 0.3 is 0 Å². The van der Waals surface area contributed by atoms with Crippen molar-refractivity contribution in [2.75, 3.05) is 6.61 Å². The average molecular weight is 217 g/mol. The van der Waals surface area contributed by atoms with Gasteiger partial charge in [-0.3, -0.25) is 0 Å². The van der Waals surface area contributed by atoms with E-state index in [4.69, 9.17) is 10.00 Å². The fraction of sp³-hybridized carbons (Fsp3) is 0.583. The van der Waals surface area contributed by atoms with Crippen LogP contribution in [0.1, 0.15) is 31.3 Å². The summed E-state index contributed by atoms with van der Waals surface area (Å²) in [6.45, 7) is 4.69. The van der Waals surface area contributed by atoms with Gasteiger partial charge in [-0.15, -0.1) is 0 Å². The smallest absolute Gasteiger partial charge is 0.217 e. The van der Waals surface area contributed by atoms with Crippen molar-refractivity contribution >= 4 is 0 Å². The van der Waals surface area contributed by atoms with Gasteiger partial charge in [-0.05, 0) is 31.6 Å². The van der Waals surface area contributed by atoms with Crippen molar-refractivity contribution in [3.05, 3.63) is 17.6 Å². The lowest BCUT2D eigenvalue weighted by atomic mass is 10.2. The molecule has 4 heteroatoms. The maximum absolute atomic E-state index is 8.75. The van der Waals surface area contributed by atoms with Crippen LogP contribution in [0.5, 0.6) is 5.88 Å². The number of ether oxygens (including phenoxy) is 1. The Morgan fingerprint density at radius 1 is 1.56 bits per heavy atom. The highest BCUT2D eigenvalue weighted by atomic mass is 16.5. The van der Waals surface area contributed by atoms with E-state index in [1.807, 2.05) is 6.07 Å². The summed E-state index contributed by atoms with van der Waals surface area (Å²) in [5.41, 5.74) is 0.363. The maximum Gasteiger partial charge on any atom is 0.217 e. The van der Waals surface area contributed by atoms with Gasteiger partial charge < -0.3 is 4.74 Å². The van der Waals surface area contributed by atoms with Gasteiger partial charge in [0.05, 0.1) is 6.61 Å². The summed E-state index contributed by atoms with van der Waals surface area (Å²) in [6.07, 6.45) is 2.39. The second-order valence-electron chi connectivity index (χ2n) is 4.36. The predicted molar refractivity (Wildman–Crippen MR) is 58.9 cm³/mol. The molecule has 16 heavy (non-hydrogen) atoms. The van der Waals surface area contributed by atoms with Gasteiger partial charge in [0, 0.05) is 6.07 Å². The zero-order valence-corrected chi connectivity index (χ0v) is 9.60. The van der Waals surface area contributed by atoms with Gasteiger partial charge in [-0.1, -0.05) is 6.92 Å². The van der Waals surface area contributed by atoms with E-state index in [-0.39, 0.29) is 0 Å².